The number of carboxylic acid groups (broad SMARTS) is 1. The van der Waals surface area contributed by atoms with E-state index in [2.05, 4.69) is 5.10 Å². The second kappa shape index (κ2) is 3.79. The highest BCUT2D eigenvalue weighted by Gasteiger charge is 2.19. The Morgan fingerprint density at radius 2 is 2.21 bits per heavy atom. The molecule has 0 fully saturated rings. The minimum Gasteiger partial charge on any atom is -0.480 e. The third-order valence-electron chi connectivity index (χ3n) is 2.40. The fourth-order valence-electron chi connectivity index (χ4n) is 1.47. The molecule has 78 valence electrons. The molecule has 0 amide bonds. The first-order valence-electron chi connectivity index (χ1n) is 4.46. The van der Waals surface area contributed by atoms with Gasteiger partial charge < -0.3 is 10.8 Å². The second-order valence-electron chi connectivity index (χ2n) is 3.31. The van der Waals surface area contributed by atoms with E-state index in [9.17, 15) is 4.79 Å². The summed E-state index contributed by atoms with van der Waals surface area (Å²) in [6.07, 6.45) is 0. The van der Waals surface area contributed by atoms with Gasteiger partial charge in [-0.2, -0.15) is 5.10 Å². The zero-order valence-corrected chi connectivity index (χ0v) is 8.61. The number of aryl methyl sites for hydroxylation is 1. The molecular weight excluding hydrogens is 182 g/mol. The fraction of sp³-hybridized carbons (Fsp3) is 0.556. The van der Waals surface area contributed by atoms with Gasteiger partial charge in [-0.25, -0.2) is 4.79 Å². The smallest absolute Gasteiger partial charge is 0.328 e. The van der Waals surface area contributed by atoms with Crippen LogP contribution in [0.3, 0.4) is 0 Å². The normalized spacial score (nSPS) is 12.9. The summed E-state index contributed by atoms with van der Waals surface area (Å²) in [7, 11) is 0. The molecule has 0 radical (unpaired) electrons. The Kier molecular flexibility index (Phi) is 2.90. The molecule has 0 aliphatic carbocycles. The van der Waals surface area contributed by atoms with Crippen molar-refractivity contribution in [2.24, 2.45) is 5.73 Å². The molecule has 1 atom stereocenters. The van der Waals surface area contributed by atoms with E-state index in [1.807, 2.05) is 13.8 Å². The van der Waals surface area contributed by atoms with Crippen LogP contribution in [-0.4, -0.2) is 20.9 Å². The van der Waals surface area contributed by atoms with Crippen molar-refractivity contribution >= 4 is 5.97 Å². The lowest BCUT2D eigenvalue weighted by atomic mass is 10.2. The van der Waals surface area contributed by atoms with E-state index in [4.69, 9.17) is 10.8 Å². The van der Waals surface area contributed by atoms with Gasteiger partial charge in [0.1, 0.15) is 6.04 Å². The molecule has 1 unspecified atom stereocenters. The van der Waals surface area contributed by atoms with E-state index in [-0.39, 0.29) is 0 Å². The molecule has 0 aromatic carbocycles. The summed E-state index contributed by atoms with van der Waals surface area (Å²) in [6, 6.07) is -0.644. The van der Waals surface area contributed by atoms with Crippen LogP contribution in [0.4, 0.5) is 0 Å². The van der Waals surface area contributed by atoms with Gasteiger partial charge in [0.15, 0.2) is 0 Å². The average Bonchev–Trinajstić information content (AvgIpc) is 2.40. The number of nitrogens with two attached hydrogens (primary N) is 1. The van der Waals surface area contributed by atoms with Crippen LogP contribution in [0.15, 0.2) is 0 Å². The van der Waals surface area contributed by atoms with Crippen molar-refractivity contribution in [2.75, 3.05) is 0 Å². The van der Waals surface area contributed by atoms with Crippen LogP contribution < -0.4 is 5.73 Å². The summed E-state index contributed by atoms with van der Waals surface area (Å²) < 4.78 is 1.50. The van der Waals surface area contributed by atoms with Crippen molar-refractivity contribution in [1.29, 1.82) is 0 Å². The Labute approximate surface area is 82.5 Å². The molecule has 5 heteroatoms. The summed E-state index contributed by atoms with van der Waals surface area (Å²) in [5, 5.41) is 13.0. The van der Waals surface area contributed by atoms with Crippen LogP contribution >= 0.6 is 0 Å². The summed E-state index contributed by atoms with van der Waals surface area (Å²) in [5.74, 6) is -0.890. The minimum atomic E-state index is -0.890. The van der Waals surface area contributed by atoms with Gasteiger partial charge in [0.25, 0.3) is 0 Å². The van der Waals surface area contributed by atoms with Gasteiger partial charge in [0.05, 0.1) is 5.69 Å². The zero-order chi connectivity index (χ0) is 10.9. The highest BCUT2D eigenvalue weighted by atomic mass is 16.4. The molecule has 1 rings (SSSR count). The Bertz CT molecular complexity index is 357. The van der Waals surface area contributed by atoms with Gasteiger partial charge in [-0.3, -0.25) is 4.68 Å². The molecule has 5 nitrogen and oxygen atoms in total. The van der Waals surface area contributed by atoms with Crippen molar-refractivity contribution in [2.45, 2.75) is 33.4 Å². The van der Waals surface area contributed by atoms with Gasteiger partial charge in [0.2, 0.25) is 0 Å². The predicted molar refractivity (Wildman–Crippen MR) is 51.9 cm³/mol. The number of aromatic nitrogens is 2. The maximum absolute atomic E-state index is 10.8. The van der Waals surface area contributed by atoms with E-state index in [1.54, 1.807) is 6.92 Å². The highest BCUT2D eigenvalue weighted by molar-refractivity contribution is 5.71. The quantitative estimate of drug-likeness (QED) is 0.743. The van der Waals surface area contributed by atoms with Crippen LogP contribution in [0, 0.1) is 13.8 Å². The SMILES string of the molecule is Cc1nn(C(C)C(=O)O)c(C)c1CN. The molecule has 0 bridgehead atoms. The largest absolute Gasteiger partial charge is 0.480 e. The Balaban J connectivity index is 3.17. The zero-order valence-electron chi connectivity index (χ0n) is 8.61. The van der Waals surface area contributed by atoms with E-state index in [0.717, 1.165) is 17.0 Å². The van der Waals surface area contributed by atoms with Gasteiger partial charge in [0, 0.05) is 17.8 Å². The average molecular weight is 197 g/mol. The molecule has 14 heavy (non-hydrogen) atoms. The summed E-state index contributed by atoms with van der Waals surface area (Å²) >= 11 is 0. The van der Waals surface area contributed by atoms with Crippen molar-refractivity contribution in [3.05, 3.63) is 17.0 Å². The predicted octanol–water partition coefficient (Wildman–Crippen LogP) is 0.604. The molecule has 3 N–H and O–H groups in total. The maximum atomic E-state index is 10.8. The van der Waals surface area contributed by atoms with E-state index < -0.39 is 12.0 Å². The fourth-order valence-corrected chi connectivity index (χ4v) is 1.47. The number of rotatable bonds is 3. The Morgan fingerprint density at radius 1 is 1.64 bits per heavy atom. The topological polar surface area (TPSA) is 81.1 Å². The lowest BCUT2D eigenvalue weighted by molar-refractivity contribution is -0.140. The Hall–Kier alpha value is -1.36. The van der Waals surface area contributed by atoms with Crippen molar-refractivity contribution in [1.82, 2.24) is 9.78 Å². The first-order valence-corrected chi connectivity index (χ1v) is 4.46. The van der Waals surface area contributed by atoms with Crippen molar-refractivity contribution in [3.63, 3.8) is 0 Å². The van der Waals surface area contributed by atoms with Crippen LogP contribution in [0.2, 0.25) is 0 Å². The summed E-state index contributed by atoms with van der Waals surface area (Å²) in [6.45, 7) is 5.66. The first kappa shape index (κ1) is 10.7. The monoisotopic (exact) mass is 197 g/mol. The van der Waals surface area contributed by atoms with E-state index in [1.165, 1.54) is 4.68 Å². The van der Waals surface area contributed by atoms with Crippen molar-refractivity contribution in [3.8, 4) is 0 Å². The second-order valence-corrected chi connectivity index (χ2v) is 3.31. The third-order valence-corrected chi connectivity index (χ3v) is 2.40. The standard InChI is InChI=1S/C9H15N3O2/c1-5-8(4-10)6(2)12(11-5)7(3)9(13)14/h7H,4,10H2,1-3H3,(H,13,14). The Morgan fingerprint density at radius 3 is 2.57 bits per heavy atom. The van der Waals surface area contributed by atoms with Gasteiger partial charge in [-0.1, -0.05) is 0 Å². The van der Waals surface area contributed by atoms with Crippen molar-refractivity contribution < 1.29 is 9.90 Å². The van der Waals surface area contributed by atoms with Gasteiger partial charge >= 0.3 is 5.97 Å². The number of aliphatic carboxylic acids is 1. The van der Waals surface area contributed by atoms with Gasteiger partial charge in [-0.15, -0.1) is 0 Å². The molecule has 0 aliphatic rings. The van der Waals surface area contributed by atoms with Crippen LogP contribution in [0.25, 0.3) is 0 Å². The molecule has 0 aliphatic heterocycles. The lowest BCUT2D eigenvalue weighted by Crippen LogP contribution is -2.18. The summed E-state index contributed by atoms with van der Waals surface area (Å²) in [5.41, 5.74) is 8.11. The van der Waals surface area contributed by atoms with E-state index in [0.29, 0.717) is 6.54 Å². The number of nitrogens with zero attached hydrogens (tertiary/aromatic N) is 2. The number of carboxylic acids is 1. The molecule has 1 aromatic rings. The number of hydrogen-bond donors (Lipinski definition) is 2. The maximum Gasteiger partial charge on any atom is 0.328 e. The highest BCUT2D eigenvalue weighted by Crippen LogP contribution is 2.16. The molecule has 1 aromatic heterocycles. The van der Waals surface area contributed by atoms with Crippen LogP contribution in [0.5, 0.6) is 0 Å². The van der Waals surface area contributed by atoms with Crippen LogP contribution in [0.1, 0.15) is 29.9 Å². The third kappa shape index (κ3) is 1.63. The number of hydrogen-bond acceptors (Lipinski definition) is 3. The van der Waals surface area contributed by atoms with Crippen LogP contribution in [-0.2, 0) is 11.3 Å². The number of carbonyl (C=O) groups is 1. The molecule has 0 saturated heterocycles. The minimum absolute atomic E-state index is 0.393. The lowest BCUT2D eigenvalue weighted by Gasteiger charge is -2.09. The molecule has 0 spiro atoms. The molecule has 0 saturated carbocycles. The van der Waals surface area contributed by atoms with Gasteiger partial charge in [-0.05, 0) is 20.8 Å². The van der Waals surface area contributed by atoms with E-state index >= 15 is 0 Å². The first-order chi connectivity index (χ1) is 6.49. The molecule has 1 heterocycles. The molecular formula is C9H15N3O2. The summed E-state index contributed by atoms with van der Waals surface area (Å²) in [4.78, 5) is 10.8.